The Balaban J connectivity index is -0.000000200. The molecule has 24 heteroatoms. The summed E-state index contributed by atoms with van der Waals surface area (Å²) in [6.45, 7) is 87.9. The summed E-state index contributed by atoms with van der Waals surface area (Å²) in [6, 6.07) is 0. The number of quaternary nitrogens is 8. The van der Waals surface area contributed by atoms with Gasteiger partial charge in [-0.25, -0.2) is 0 Å². The minimum Gasteiger partial charge on any atom is -0.460 e. The standard InChI is InChI=1S/C15H32NO2.2C14H30NO2.C13H28NO2.C12H26NO2.C11H24NO2.C9H20NO2.C8H18NO2/c1-5-9-12-16(8-4,11-7-3)13-14-18-15(17)10-6-2;1-5-9-11-15(8-4,10-6-2)12-13-17-14(16)7-3;1-5-9-14(16)17-13-12-15(8-4,10-6-2)11-7-3;1-5-9-14(8-4,10-6-2)11-12-16-13(15)7-3;1-5-9-12(14)15-11-10-13(6-2,7-3)8-4;1-5-11(13)14-10-9-12(6-2,7-3)8-4;1-5-6-9(11)12-8-7-10(2,3)4;1-5-8(10)11-7-6-9(2,3)4/h5-14H2,1-4H3;2*5-13H2,1-4H3;5-12H2,1-4H3;5-11H2,1-4H3;5-10H2,1-4H3;5-8H2,1-4H3;5-7H2,1-4H3/q8*+1. The molecule has 120 heavy (non-hydrogen) atoms. The van der Waals surface area contributed by atoms with E-state index in [1.165, 1.54) is 117 Å². The maximum atomic E-state index is 11.4. The van der Waals surface area contributed by atoms with Crippen molar-refractivity contribution in [2.24, 2.45) is 0 Å². The van der Waals surface area contributed by atoms with E-state index in [0.717, 1.165) is 179 Å². The third kappa shape index (κ3) is 78.2. The first kappa shape index (κ1) is 131. The van der Waals surface area contributed by atoms with Crippen LogP contribution in [0.1, 0.15) is 321 Å². The molecular formula is C96H208N8O16+8. The van der Waals surface area contributed by atoms with Crippen LogP contribution in [0.25, 0.3) is 0 Å². The predicted molar refractivity (Wildman–Crippen MR) is 501 cm³/mol. The number of rotatable bonds is 64. The Bertz CT molecular complexity index is 2360. The Hall–Kier alpha value is -4.56. The smallest absolute Gasteiger partial charge is 0.305 e. The highest BCUT2D eigenvalue weighted by Gasteiger charge is 2.29. The van der Waals surface area contributed by atoms with Crippen molar-refractivity contribution in [3.05, 3.63) is 0 Å². The Morgan fingerprint density at radius 1 is 0.167 bits per heavy atom. The lowest BCUT2D eigenvalue weighted by Crippen LogP contribution is -2.51. The van der Waals surface area contributed by atoms with Gasteiger partial charge in [0.15, 0.2) is 0 Å². The summed E-state index contributed by atoms with van der Waals surface area (Å²) in [4.78, 5) is 88.5. The molecule has 0 N–H and O–H groups in total. The second-order valence-corrected chi connectivity index (χ2v) is 34.3. The SMILES string of the molecule is CCC(=O)OCC[N+](C)(C)C.CCC(=O)OCC[N+](CC)(CC)CC.CCCC(=O)OCC[N+](C)(C)C.CCCC(=O)OCC[N+](CC)(CC)CC.CCCC(=O)OCC[N+](CC)(CCC)CCC.CCCC[N+](CC)(CCC)CCOC(=O)CC.CCCC[N+](CC)(CCC)CCOC(=O)CCC.CCC[N+](CC)(CCC)CCOC(=O)CC. The van der Waals surface area contributed by atoms with E-state index in [2.05, 4.69) is 167 Å². The number of hydrogen-bond acceptors (Lipinski definition) is 16. The van der Waals surface area contributed by atoms with E-state index in [9.17, 15) is 38.4 Å². The van der Waals surface area contributed by atoms with Gasteiger partial charge in [0.25, 0.3) is 0 Å². The van der Waals surface area contributed by atoms with E-state index < -0.39 is 0 Å². The quantitative estimate of drug-likeness (QED) is 0.0315. The van der Waals surface area contributed by atoms with E-state index in [0.29, 0.717) is 104 Å². The number of unbranched alkanes of at least 4 members (excludes halogenated alkanes) is 2. The fraction of sp³-hybridized carbons (Fsp3) is 0.917. The summed E-state index contributed by atoms with van der Waals surface area (Å²) >= 11 is 0. The third-order valence-corrected chi connectivity index (χ3v) is 22.9. The molecule has 0 radical (unpaired) electrons. The molecule has 2 unspecified atom stereocenters. The predicted octanol–water partition coefficient (Wildman–Crippen LogP) is 17.6. The Labute approximate surface area is 742 Å². The first-order valence-corrected chi connectivity index (χ1v) is 48.7. The molecule has 0 saturated heterocycles. The normalized spacial score (nSPS) is 12.3. The minimum atomic E-state index is -0.113. The molecule has 24 nitrogen and oxygen atoms in total. The van der Waals surface area contributed by atoms with Crippen molar-refractivity contribution in [2.45, 2.75) is 321 Å². The van der Waals surface area contributed by atoms with Crippen molar-refractivity contribution in [3.8, 4) is 0 Å². The van der Waals surface area contributed by atoms with Crippen molar-refractivity contribution < 1.29 is 112 Å². The number of nitrogens with zero attached hydrogens (tertiary/aromatic N) is 8. The van der Waals surface area contributed by atoms with Crippen molar-refractivity contribution in [1.82, 2.24) is 0 Å². The number of ether oxygens (including phenoxy) is 8. The van der Waals surface area contributed by atoms with Crippen LogP contribution in [0.15, 0.2) is 0 Å². The van der Waals surface area contributed by atoms with Gasteiger partial charge in [0, 0.05) is 51.4 Å². The molecular weight excluding hydrogens is 1520 g/mol. The van der Waals surface area contributed by atoms with Crippen LogP contribution in [0.2, 0.25) is 0 Å². The van der Waals surface area contributed by atoms with Gasteiger partial charge in [0.05, 0.1) is 160 Å². The maximum absolute atomic E-state index is 11.4. The average Bonchev–Trinajstić information content (AvgIpc) is 0.905. The van der Waals surface area contributed by atoms with Gasteiger partial charge < -0.3 is 73.8 Å². The summed E-state index contributed by atoms with van der Waals surface area (Å²) in [7, 11) is 12.4. The molecule has 0 fully saturated rings. The van der Waals surface area contributed by atoms with E-state index >= 15 is 0 Å². The van der Waals surface area contributed by atoms with Crippen molar-refractivity contribution in [1.29, 1.82) is 0 Å². The molecule has 0 amide bonds. The first-order valence-electron chi connectivity index (χ1n) is 48.7. The summed E-state index contributed by atoms with van der Waals surface area (Å²) in [5.74, 6) is -0.587. The maximum Gasteiger partial charge on any atom is 0.305 e. The largest absolute Gasteiger partial charge is 0.460 e. The fourth-order valence-electron chi connectivity index (χ4n) is 13.9. The molecule has 0 aliphatic carbocycles. The monoisotopic (exact) mass is 1730 g/mol. The highest BCUT2D eigenvalue weighted by molar-refractivity contribution is 5.71. The zero-order valence-corrected chi connectivity index (χ0v) is 85.7. The number of esters is 8. The van der Waals surface area contributed by atoms with Crippen molar-refractivity contribution in [3.63, 3.8) is 0 Å². The molecule has 0 aromatic rings. The lowest BCUT2D eigenvalue weighted by molar-refractivity contribution is -0.927. The van der Waals surface area contributed by atoms with Gasteiger partial charge in [0.1, 0.15) is 105 Å². The lowest BCUT2D eigenvalue weighted by atomic mass is 10.2. The van der Waals surface area contributed by atoms with Gasteiger partial charge in [-0.3, -0.25) is 38.4 Å². The van der Waals surface area contributed by atoms with Gasteiger partial charge >= 0.3 is 47.8 Å². The van der Waals surface area contributed by atoms with Crippen molar-refractivity contribution >= 4 is 47.8 Å². The van der Waals surface area contributed by atoms with Crippen LogP contribution >= 0.6 is 0 Å². The molecule has 0 rings (SSSR count). The zero-order chi connectivity index (χ0) is 93.9. The van der Waals surface area contributed by atoms with Crippen LogP contribution in [0, 0.1) is 0 Å². The summed E-state index contributed by atoms with van der Waals surface area (Å²) < 4.78 is 49.3. The Morgan fingerprint density at radius 2 is 0.317 bits per heavy atom. The molecule has 0 aliphatic heterocycles. The molecule has 0 spiro atoms. The zero-order valence-electron chi connectivity index (χ0n) is 85.7. The molecule has 0 aliphatic rings. The number of carbonyl (C=O) groups excluding carboxylic acids is 8. The Morgan fingerprint density at radius 3 is 0.450 bits per heavy atom. The number of likely N-dealkylation sites (N-methyl/N-ethyl adjacent to an activating group) is 8. The van der Waals surface area contributed by atoms with Crippen molar-refractivity contribution in [2.75, 3.05) is 265 Å². The van der Waals surface area contributed by atoms with Gasteiger partial charge in [-0.05, 0) is 146 Å². The van der Waals surface area contributed by atoms with E-state index in [4.69, 9.17) is 37.9 Å². The molecule has 0 heterocycles. The summed E-state index contributed by atoms with van der Waals surface area (Å²) in [5.41, 5.74) is 0. The van der Waals surface area contributed by atoms with E-state index in [-0.39, 0.29) is 47.8 Å². The van der Waals surface area contributed by atoms with E-state index in [1.807, 2.05) is 48.5 Å². The molecule has 0 saturated carbocycles. The molecule has 0 aromatic carbocycles. The highest BCUT2D eigenvalue weighted by atomic mass is 16.6. The topological polar surface area (TPSA) is 210 Å². The molecule has 2 atom stereocenters. The first-order chi connectivity index (χ1) is 56.7. The number of carbonyl (C=O) groups is 8. The summed E-state index contributed by atoms with van der Waals surface area (Å²) in [6.07, 6.45) is 19.7. The summed E-state index contributed by atoms with van der Waals surface area (Å²) in [5, 5.41) is 0. The molecule has 720 valence electrons. The molecule has 0 aromatic heterocycles. The molecule has 0 bridgehead atoms. The van der Waals surface area contributed by atoms with Crippen LogP contribution in [0.3, 0.4) is 0 Å². The second-order valence-electron chi connectivity index (χ2n) is 34.3. The fourth-order valence-corrected chi connectivity index (χ4v) is 13.9. The average molecular weight is 1730 g/mol. The van der Waals surface area contributed by atoms with Gasteiger partial charge in [-0.2, -0.15) is 0 Å². The van der Waals surface area contributed by atoms with Crippen LogP contribution in [0.4, 0.5) is 0 Å². The number of hydrogen-bond donors (Lipinski definition) is 0. The lowest BCUT2D eigenvalue weighted by Gasteiger charge is -2.37. The van der Waals surface area contributed by atoms with Crippen LogP contribution in [-0.4, -0.2) is 349 Å². The van der Waals surface area contributed by atoms with Crippen LogP contribution < -0.4 is 0 Å². The Kier molecular flexibility index (Phi) is 93.0. The van der Waals surface area contributed by atoms with Gasteiger partial charge in [0.2, 0.25) is 0 Å². The van der Waals surface area contributed by atoms with Gasteiger partial charge in [-0.1, -0.05) is 124 Å². The van der Waals surface area contributed by atoms with Crippen LogP contribution in [-0.2, 0) is 76.3 Å². The van der Waals surface area contributed by atoms with Gasteiger partial charge in [-0.15, -0.1) is 0 Å². The minimum absolute atomic E-state index is 0.0429. The van der Waals surface area contributed by atoms with E-state index in [1.54, 1.807) is 6.92 Å². The highest BCUT2D eigenvalue weighted by Crippen LogP contribution is 2.16. The third-order valence-electron chi connectivity index (χ3n) is 22.9. The second kappa shape index (κ2) is 85.2. The van der Waals surface area contributed by atoms with Crippen LogP contribution in [0.5, 0.6) is 0 Å².